The van der Waals surface area contributed by atoms with Gasteiger partial charge in [0.15, 0.2) is 0 Å². The molecule has 0 aromatic heterocycles. The van der Waals surface area contributed by atoms with Gasteiger partial charge in [-0.1, -0.05) is 60.7 Å². The first-order valence-corrected chi connectivity index (χ1v) is 7.39. The molecule has 2 heteroatoms. The third kappa shape index (κ3) is 2.73. The fourth-order valence-corrected chi connectivity index (χ4v) is 2.73. The van der Waals surface area contributed by atoms with Crippen LogP contribution in [0, 0.1) is 0 Å². The summed E-state index contributed by atoms with van der Waals surface area (Å²) in [5.41, 5.74) is 4.89. The van der Waals surface area contributed by atoms with Crippen LogP contribution in [0.25, 0.3) is 5.57 Å². The Bertz CT molecular complexity index is 753. The van der Waals surface area contributed by atoms with Crippen LogP contribution in [0.5, 0.6) is 0 Å². The van der Waals surface area contributed by atoms with Crippen molar-refractivity contribution in [3.8, 4) is 0 Å². The summed E-state index contributed by atoms with van der Waals surface area (Å²) in [4.78, 5) is 12.0. The third-order valence-corrected chi connectivity index (χ3v) is 3.87. The first-order valence-electron chi connectivity index (χ1n) is 7.39. The molecule has 0 amide bonds. The highest BCUT2D eigenvalue weighted by Gasteiger charge is 2.29. The molecular formula is C20H18O2. The maximum atomic E-state index is 12.0. The second-order valence-corrected chi connectivity index (χ2v) is 5.53. The molecule has 1 aliphatic heterocycles. The first-order chi connectivity index (χ1) is 10.7. The summed E-state index contributed by atoms with van der Waals surface area (Å²) in [6, 6.07) is 20.1. The van der Waals surface area contributed by atoms with E-state index in [1.807, 2.05) is 62.4 Å². The number of carbonyl (C=O) groups is 1. The average molecular weight is 290 g/mol. The Morgan fingerprint density at radius 2 is 1.55 bits per heavy atom. The standard InChI is InChI=1S/C20H18O2/c1-14(13-16-9-5-3-6-10-16)19-18(15(2)20(21)22-19)17-11-7-4-8-12-17/h3-12H,13H2,1-2H3/b19-14-. The van der Waals surface area contributed by atoms with Crippen LogP contribution in [0.4, 0.5) is 0 Å². The van der Waals surface area contributed by atoms with E-state index in [0.29, 0.717) is 11.3 Å². The summed E-state index contributed by atoms with van der Waals surface area (Å²) in [5.74, 6) is 0.457. The molecule has 0 N–H and O–H groups in total. The molecule has 2 nitrogen and oxygen atoms in total. The molecule has 0 saturated carbocycles. The number of carbonyl (C=O) groups excluding carboxylic acids is 1. The normalized spacial score (nSPS) is 16.7. The molecule has 1 heterocycles. The molecule has 0 atom stereocenters. The minimum absolute atomic E-state index is 0.249. The lowest BCUT2D eigenvalue weighted by atomic mass is 9.96. The predicted octanol–water partition coefficient (Wildman–Crippen LogP) is 4.53. The topological polar surface area (TPSA) is 26.3 Å². The number of hydrogen-bond acceptors (Lipinski definition) is 2. The van der Waals surface area contributed by atoms with Crippen LogP contribution in [0.2, 0.25) is 0 Å². The Hall–Kier alpha value is -2.61. The number of benzene rings is 2. The molecule has 0 unspecified atom stereocenters. The summed E-state index contributed by atoms with van der Waals surface area (Å²) in [5, 5.41) is 0. The fourth-order valence-electron chi connectivity index (χ4n) is 2.73. The molecule has 0 aliphatic carbocycles. The third-order valence-electron chi connectivity index (χ3n) is 3.87. The average Bonchev–Trinajstić information content (AvgIpc) is 2.85. The Balaban J connectivity index is 2.02. The van der Waals surface area contributed by atoms with Crippen LogP contribution in [0.3, 0.4) is 0 Å². The summed E-state index contributed by atoms with van der Waals surface area (Å²) >= 11 is 0. The van der Waals surface area contributed by atoms with Crippen molar-refractivity contribution in [3.05, 3.63) is 88.7 Å². The molecule has 0 fully saturated rings. The highest BCUT2D eigenvalue weighted by Crippen LogP contribution is 2.36. The Labute approximate surface area is 130 Å². The molecule has 2 aromatic carbocycles. The summed E-state index contributed by atoms with van der Waals surface area (Å²) in [7, 11) is 0. The van der Waals surface area contributed by atoms with E-state index in [0.717, 1.165) is 23.1 Å². The van der Waals surface area contributed by atoms with Crippen molar-refractivity contribution in [1.29, 1.82) is 0 Å². The summed E-state index contributed by atoms with van der Waals surface area (Å²) in [6.45, 7) is 3.85. The van der Waals surface area contributed by atoms with Gasteiger partial charge in [-0.25, -0.2) is 4.79 Å². The molecule has 2 aromatic rings. The molecule has 0 radical (unpaired) electrons. The van der Waals surface area contributed by atoms with E-state index in [1.165, 1.54) is 5.56 Å². The van der Waals surface area contributed by atoms with Crippen molar-refractivity contribution in [2.24, 2.45) is 0 Å². The fraction of sp³-hybridized carbons (Fsp3) is 0.150. The highest BCUT2D eigenvalue weighted by molar-refractivity contribution is 6.06. The van der Waals surface area contributed by atoms with Gasteiger partial charge in [-0.05, 0) is 37.0 Å². The van der Waals surface area contributed by atoms with Gasteiger partial charge >= 0.3 is 5.97 Å². The van der Waals surface area contributed by atoms with E-state index in [1.54, 1.807) is 0 Å². The maximum absolute atomic E-state index is 12.0. The largest absolute Gasteiger partial charge is 0.423 e. The van der Waals surface area contributed by atoms with Crippen LogP contribution in [-0.4, -0.2) is 5.97 Å². The minimum atomic E-state index is -0.249. The van der Waals surface area contributed by atoms with Crippen molar-refractivity contribution in [3.63, 3.8) is 0 Å². The monoisotopic (exact) mass is 290 g/mol. The van der Waals surface area contributed by atoms with Crippen molar-refractivity contribution in [1.82, 2.24) is 0 Å². The van der Waals surface area contributed by atoms with Crippen molar-refractivity contribution in [2.75, 3.05) is 0 Å². The highest BCUT2D eigenvalue weighted by atomic mass is 16.5. The SMILES string of the molecule is CC1=C(c2ccccc2)/C(=C(\C)Cc2ccccc2)OC1=O. The number of esters is 1. The Morgan fingerprint density at radius 3 is 2.18 bits per heavy atom. The minimum Gasteiger partial charge on any atom is -0.423 e. The zero-order chi connectivity index (χ0) is 15.5. The number of hydrogen-bond donors (Lipinski definition) is 0. The molecule has 0 spiro atoms. The first kappa shape index (κ1) is 14.3. The molecular weight excluding hydrogens is 272 g/mol. The van der Waals surface area contributed by atoms with E-state index in [9.17, 15) is 4.79 Å². The summed E-state index contributed by atoms with van der Waals surface area (Å²) < 4.78 is 5.54. The van der Waals surface area contributed by atoms with Crippen LogP contribution < -0.4 is 0 Å². The second-order valence-electron chi connectivity index (χ2n) is 5.53. The molecule has 3 rings (SSSR count). The lowest BCUT2D eigenvalue weighted by molar-refractivity contribution is -0.133. The molecule has 1 aliphatic rings. The van der Waals surface area contributed by atoms with Gasteiger partial charge in [0.25, 0.3) is 0 Å². The zero-order valence-electron chi connectivity index (χ0n) is 12.8. The molecule has 0 bridgehead atoms. The van der Waals surface area contributed by atoms with Gasteiger partial charge in [0.1, 0.15) is 5.76 Å². The quantitative estimate of drug-likeness (QED) is 0.776. The van der Waals surface area contributed by atoms with Crippen LogP contribution in [-0.2, 0) is 16.0 Å². The van der Waals surface area contributed by atoms with E-state index in [4.69, 9.17) is 4.74 Å². The van der Waals surface area contributed by atoms with Crippen LogP contribution in [0.15, 0.2) is 77.6 Å². The van der Waals surface area contributed by atoms with Gasteiger partial charge in [0.05, 0.1) is 0 Å². The zero-order valence-corrected chi connectivity index (χ0v) is 12.8. The van der Waals surface area contributed by atoms with Gasteiger partial charge < -0.3 is 4.74 Å². The van der Waals surface area contributed by atoms with Crippen molar-refractivity contribution >= 4 is 11.5 Å². The number of cyclic esters (lactones) is 1. The lowest BCUT2D eigenvalue weighted by Crippen LogP contribution is -1.98. The molecule has 110 valence electrons. The second kappa shape index (κ2) is 6.02. The van der Waals surface area contributed by atoms with Gasteiger partial charge in [0, 0.05) is 11.1 Å². The Kier molecular flexibility index (Phi) is 3.92. The van der Waals surface area contributed by atoms with E-state index >= 15 is 0 Å². The van der Waals surface area contributed by atoms with Gasteiger partial charge in [-0.15, -0.1) is 0 Å². The number of rotatable bonds is 3. The van der Waals surface area contributed by atoms with Gasteiger partial charge in [-0.2, -0.15) is 0 Å². The number of ether oxygens (including phenoxy) is 1. The Morgan fingerprint density at radius 1 is 0.955 bits per heavy atom. The van der Waals surface area contributed by atoms with Crippen molar-refractivity contribution in [2.45, 2.75) is 20.3 Å². The smallest absolute Gasteiger partial charge is 0.339 e. The van der Waals surface area contributed by atoms with E-state index in [-0.39, 0.29) is 5.97 Å². The van der Waals surface area contributed by atoms with Crippen LogP contribution in [0.1, 0.15) is 25.0 Å². The van der Waals surface area contributed by atoms with Gasteiger partial charge in [0.2, 0.25) is 0 Å². The van der Waals surface area contributed by atoms with E-state index < -0.39 is 0 Å². The number of allylic oxidation sites excluding steroid dienone is 2. The lowest BCUT2D eigenvalue weighted by Gasteiger charge is -2.10. The molecule has 22 heavy (non-hydrogen) atoms. The van der Waals surface area contributed by atoms with Crippen molar-refractivity contribution < 1.29 is 9.53 Å². The van der Waals surface area contributed by atoms with E-state index in [2.05, 4.69) is 12.1 Å². The molecule has 0 saturated heterocycles. The summed E-state index contributed by atoms with van der Waals surface area (Å²) in [6.07, 6.45) is 0.771. The van der Waals surface area contributed by atoms with Gasteiger partial charge in [-0.3, -0.25) is 0 Å². The predicted molar refractivity (Wildman–Crippen MR) is 88.0 cm³/mol. The van der Waals surface area contributed by atoms with Crippen LogP contribution >= 0.6 is 0 Å². The maximum Gasteiger partial charge on any atom is 0.339 e.